The summed E-state index contributed by atoms with van der Waals surface area (Å²) in [5, 5.41) is 18.6. The SMILES string of the molecule is Clc1ccc(/C=N\N=C(\N/N=C\c2cccc(Cl)c2)[NH2+]/N=C\c2ccc(Cl)cc2)cc1.[I-]. The molecule has 3 rings (SSSR count). The molecule has 0 unspecified atom stereocenters. The molecule has 3 aromatic carbocycles. The van der Waals surface area contributed by atoms with Crippen LogP contribution in [0.15, 0.2) is 93.2 Å². The maximum Gasteiger partial charge on any atom is 0.365 e. The van der Waals surface area contributed by atoms with Crippen molar-refractivity contribution in [3.05, 3.63) is 105 Å². The molecule has 0 aromatic heterocycles. The van der Waals surface area contributed by atoms with Crippen molar-refractivity contribution in [1.82, 2.24) is 5.43 Å². The molecule has 0 aliphatic heterocycles. The number of quaternary nitrogens is 1. The van der Waals surface area contributed by atoms with Crippen molar-refractivity contribution < 1.29 is 29.4 Å². The van der Waals surface area contributed by atoms with Gasteiger partial charge in [0.25, 0.3) is 0 Å². The lowest BCUT2D eigenvalue weighted by molar-refractivity contribution is -0.549. The number of nitrogens with zero attached hydrogens (tertiary/aromatic N) is 4. The number of nitrogens with two attached hydrogens (primary N) is 1. The van der Waals surface area contributed by atoms with Gasteiger partial charge in [-0.25, -0.2) is 5.43 Å². The molecule has 0 aliphatic rings. The van der Waals surface area contributed by atoms with Crippen LogP contribution in [0.1, 0.15) is 16.7 Å². The third kappa shape index (κ3) is 9.46. The Labute approximate surface area is 218 Å². The molecule has 0 atom stereocenters. The number of rotatable bonds is 6. The van der Waals surface area contributed by atoms with E-state index in [0.29, 0.717) is 21.0 Å². The summed E-state index contributed by atoms with van der Waals surface area (Å²) >= 11 is 17.8. The quantitative estimate of drug-likeness (QED) is 0.146. The van der Waals surface area contributed by atoms with E-state index in [4.69, 9.17) is 34.8 Å². The highest BCUT2D eigenvalue weighted by atomic mass is 127. The molecule has 0 bridgehead atoms. The van der Waals surface area contributed by atoms with Crippen LogP contribution >= 0.6 is 34.8 Å². The van der Waals surface area contributed by atoms with Gasteiger partial charge in [-0.05, 0) is 53.1 Å². The molecule has 164 valence electrons. The van der Waals surface area contributed by atoms with Crippen molar-refractivity contribution in [2.24, 2.45) is 20.4 Å². The Morgan fingerprint density at radius 1 is 0.719 bits per heavy atom. The largest absolute Gasteiger partial charge is 1.00 e. The minimum atomic E-state index is 0. The fourth-order valence-corrected chi connectivity index (χ4v) is 2.74. The first-order chi connectivity index (χ1) is 15.1. The number of nitrogens with one attached hydrogen (secondary N) is 1. The van der Waals surface area contributed by atoms with E-state index >= 15 is 0 Å². The smallest absolute Gasteiger partial charge is 0.365 e. The van der Waals surface area contributed by atoms with E-state index in [2.05, 4.69) is 25.8 Å². The average molecular weight is 600 g/mol. The second kappa shape index (κ2) is 14.0. The van der Waals surface area contributed by atoms with Crippen LogP contribution in [0.2, 0.25) is 15.1 Å². The van der Waals surface area contributed by atoms with Crippen molar-refractivity contribution >= 4 is 59.4 Å². The van der Waals surface area contributed by atoms with Gasteiger partial charge in [-0.1, -0.05) is 81.4 Å². The third-order valence-electron chi connectivity index (χ3n) is 3.77. The summed E-state index contributed by atoms with van der Waals surface area (Å²) in [5.41, 5.74) is 6.94. The number of halogens is 4. The van der Waals surface area contributed by atoms with Crippen molar-refractivity contribution in [1.29, 1.82) is 0 Å². The molecule has 0 saturated heterocycles. The van der Waals surface area contributed by atoms with Crippen LogP contribution in [-0.4, -0.2) is 24.6 Å². The van der Waals surface area contributed by atoms with E-state index in [9.17, 15) is 0 Å². The van der Waals surface area contributed by atoms with Crippen LogP contribution < -0.4 is 34.8 Å². The molecule has 0 radical (unpaired) electrons. The maximum atomic E-state index is 5.99. The number of hydrazone groups is 1. The highest BCUT2D eigenvalue weighted by Crippen LogP contribution is 2.09. The summed E-state index contributed by atoms with van der Waals surface area (Å²) in [7, 11) is 0. The zero-order valence-electron chi connectivity index (χ0n) is 16.5. The lowest BCUT2D eigenvalue weighted by atomic mass is 10.2. The van der Waals surface area contributed by atoms with Crippen LogP contribution in [0.4, 0.5) is 0 Å². The molecule has 0 spiro atoms. The lowest BCUT2D eigenvalue weighted by Crippen LogP contribution is -3.00. The number of hydrogen-bond donors (Lipinski definition) is 2. The summed E-state index contributed by atoms with van der Waals surface area (Å²) < 4.78 is 0. The fraction of sp³-hybridized carbons (Fsp3) is 0. The van der Waals surface area contributed by atoms with Gasteiger partial charge in [0.05, 0.1) is 18.6 Å². The molecular weight excluding hydrogens is 582 g/mol. The second-order valence-electron chi connectivity index (χ2n) is 6.17. The van der Waals surface area contributed by atoms with E-state index in [1.165, 1.54) is 5.43 Å². The molecule has 0 saturated carbocycles. The van der Waals surface area contributed by atoms with E-state index < -0.39 is 0 Å². The molecule has 0 fully saturated rings. The summed E-state index contributed by atoms with van der Waals surface area (Å²) in [6, 6.07) is 21.9. The number of hydrogen-bond acceptors (Lipinski definition) is 4. The Kier molecular flexibility index (Phi) is 11.3. The average Bonchev–Trinajstić information content (AvgIpc) is 2.76. The van der Waals surface area contributed by atoms with Crippen molar-refractivity contribution in [2.45, 2.75) is 0 Å². The van der Waals surface area contributed by atoms with E-state index in [1.54, 1.807) is 55.0 Å². The van der Waals surface area contributed by atoms with Gasteiger partial charge in [0, 0.05) is 15.1 Å². The van der Waals surface area contributed by atoms with Gasteiger partial charge in [0.15, 0.2) is 0 Å². The summed E-state index contributed by atoms with van der Waals surface area (Å²) in [5.74, 6) is 0.341. The zero-order chi connectivity index (χ0) is 21.9. The molecule has 10 heteroatoms. The van der Waals surface area contributed by atoms with Gasteiger partial charge in [-0.3, -0.25) is 0 Å². The van der Waals surface area contributed by atoms with E-state index in [-0.39, 0.29) is 24.0 Å². The Hall–Kier alpha value is -2.30. The Morgan fingerprint density at radius 2 is 1.34 bits per heavy atom. The van der Waals surface area contributed by atoms with Crippen LogP contribution in [0, 0.1) is 0 Å². The normalized spacial score (nSPS) is 11.9. The van der Waals surface area contributed by atoms with Gasteiger partial charge in [0.1, 0.15) is 0 Å². The van der Waals surface area contributed by atoms with Gasteiger partial charge in [-0.2, -0.15) is 15.6 Å². The monoisotopic (exact) mass is 598 g/mol. The lowest BCUT2D eigenvalue weighted by Gasteiger charge is -1.98. The predicted molar refractivity (Wildman–Crippen MR) is 130 cm³/mol. The highest BCUT2D eigenvalue weighted by molar-refractivity contribution is 6.31. The molecule has 0 aliphatic carbocycles. The van der Waals surface area contributed by atoms with Crippen LogP contribution in [0.25, 0.3) is 0 Å². The topological polar surface area (TPSA) is 78.1 Å². The van der Waals surface area contributed by atoms with Gasteiger partial charge < -0.3 is 24.0 Å². The third-order valence-corrected chi connectivity index (χ3v) is 4.51. The number of benzene rings is 3. The minimum Gasteiger partial charge on any atom is -1.00 e. The summed E-state index contributed by atoms with van der Waals surface area (Å²) in [6.07, 6.45) is 4.91. The first kappa shape index (κ1) is 26.0. The van der Waals surface area contributed by atoms with Crippen LogP contribution in [0.3, 0.4) is 0 Å². The first-order valence-electron chi connectivity index (χ1n) is 9.12. The molecule has 3 aromatic rings. The van der Waals surface area contributed by atoms with Gasteiger partial charge in [0.2, 0.25) is 0 Å². The van der Waals surface area contributed by atoms with Crippen molar-refractivity contribution in [2.75, 3.05) is 0 Å². The zero-order valence-corrected chi connectivity index (χ0v) is 21.0. The van der Waals surface area contributed by atoms with Crippen LogP contribution in [0.5, 0.6) is 0 Å². The molecule has 6 nitrogen and oxygen atoms in total. The molecule has 3 N–H and O–H groups in total. The Balaban J connectivity index is 0.00000363. The van der Waals surface area contributed by atoms with E-state index in [1.807, 2.05) is 36.4 Å². The highest BCUT2D eigenvalue weighted by Gasteiger charge is 2.01. The molecule has 0 amide bonds. The molecule has 0 heterocycles. The summed E-state index contributed by atoms with van der Waals surface area (Å²) in [6.45, 7) is 0. The molecular formula is C22H18Cl3IN6. The van der Waals surface area contributed by atoms with Crippen molar-refractivity contribution in [3.63, 3.8) is 0 Å². The summed E-state index contributed by atoms with van der Waals surface area (Å²) in [4.78, 5) is 0. The molecule has 32 heavy (non-hydrogen) atoms. The standard InChI is InChI=1S/C22H17Cl3N6.HI/c23-19-8-4-16(5-9-19)13-26-29-22(30-27-14-17-6-10-20(24)11-7-17)31-28-15-18-2-1-3-21(25)12-18;/h1-15H,(H2,29,30,31);1H/b26-13-,27-14-,28-15-;. The Morgan fingerprint density at radius 3 is 1.97 bits per heavy atom. The van der Waals surface area contributed by atoms with Gasteiger partial charge >= 0.3 is 5.96 Å². The second-order valence-corrected chi connectivity index (χ2v) is 7.47. The van der Waals surface area contributed by atoms with Crippen LogP contribution in [-0.2, 0) is 0 Å². The van der Waals surface area contributed by atoms with E-state index in [0.717, 1.165) is 16.7 Å². The Bertz CT molecular complexity index is 1110. The van der Waals surface area contributed by atoms with Gasteiger partial charge in [-0.15, -0.1) is 0 Å². The first-order valence-corrected chi connectivity index (χ1v) is 10.2. The fourth-order valence-electron chi connectivity index (χ4n) is 2.29. The predicted octanol–water partition coefficient (Wildman–Crippen LogP) is 1.56. The van der Waals surface area contributed by atoms with Crippen molar-refractivity contribution in [3.8, 4) is 0 Å². The minimum absolute atomic E-state index is 0. The number of guanidine groups is 1. The maximum absolute atomic E-state index is 5.99.